The number of halogens is 1. The zero-order chi connectivity index (χ0) is 24.5. The Balaban J connectivity index is 1.47. The van der Waals surface area contributed by atoms with E-state index in [1.54, 1.807) is 4.57 Å². The van der Waals surface area contributed by atoms with Gasteiger partial charge in [0.1, 0.15) is 24.4 Å². The number of hydrogen-bond donors (Lipinski definition) is 3. The molecule has 0 radical (unpaired) electrons. The Labute approximate surface area is 208 Å². The van der Waals surface area contributed by atoms with Gasteiger partial charge in [-0.2, -0.15) is 0 Å². The molecule has 3 N–H and O–H groups in total. The molecule has 0 unspecified atom stereocenters. The van der Waals surface area contributed by atoms with Crippen molar-refractivity contribution in [1.82, 2.24) is 4.57 Å². The van der Waals surface area contributed by atoms with Crippen molar-refractivity contribution in [3.63, 3.8) is 0 Å². The van der Waals surface area contributed by atoms with Crippen LogP contribution in [0, 0.1) is 12.3 Å². The zero-order valence-electron chi connectivity index (χ0n) is 19.0. The van der Waals surface area contributed by atoms with E-state index in [-0.39, 0.29) is 6.61 Å². The summed E-state index contributed by atoms with van der Waals surface area (Å²) in [6, 6.07) is 14.2. The van der Waals surface area contributed by atoms with Crippen molar-refractivity contribution in [2.24, 2.45) is 5.16 Å². The fourth-order valence-electron chi connectivity index (χ4n) is 4.65. The highest BCUT2D eigenvalue weighted by Gasteiger charge is 2.44. The maximum Gasteiger partial charge on any atom is 0.177 e. The van der Waals surface area contributed by atoms with E-state index in [9.17, 15) is 15.3 Å². The number of oxime groups is 1. The molecule has 5 rings (SSSR count). The van der Waals surface area contributed by atoms with Crippen LogP contribution >= 0.6 is 11.6 Å². The Morgan fingerprint density at radius 3 is 2.60 bits per heavy atom. The molecule has 7 nitrogen and oxygen atoms in total. The number of benzene rings is 2. The number of nitrogens with zero attached hydrogens (tertiary/aromatic N) is 2. The van der Waals surface area contributed by atoms with Crippen LogP contribution < -0.4 is 0 Å². The van der Waals surface area contributed by atoms with Crippen molar-refractivity contribution in [2.75, 3.05) is 6.61 Å². The molecule has 2 aromatic carbocycles. The second kappa shape index (κ2) is 10.0. The number of fused-ring (bicyclic) bond motifs is 1. The molecule has 2 heterocycles. The van der Waals surface area contributed by atoms with E-state index in [1.165, 1.54) is 24.6 Å². The Morgan fingerprint density at radius 1 is 1.11 bits per heavy atom. The summed E-state index contributed by atoms with van der Waals surface area (Å²) in [7, 11) is 0. The Morgan fingerprint density at radius 2 is 1.89 bits per heavy atom. The van der Waals surface area contributed by atoms with E-state index in [4.69, 9.17) is 27.6 Å². The predicted octanol–water partition coefficient (Wildman–Crippen LogP) is 3.38. The van der Waals surface area contributed by atoms with E-state index in [2.05, 4.69) is 35.3 Å². The minimum Gasteiger partial charge on any atom is -0.387 e. The van der Waals surface area contributed by atoms with E-state index < -0.39 is 30.6 Å². The van der Waals surface area contributed by atoms with Gasteiger partial charge in [0.25, 0.3) is 0 Å². The fraction of sp³-hybridized carbons (Fsp3) is 0.370. The Bertz CT molecular complexity index is 1260. The number of hydrogen-bond acceptors (Lipinski definition) is 6. The van der Waals surface area contributed by atoms with Crippen molar-refractivity contribution in [1.29, 1.82) is 0 Å². The molecule has 0 spiro atoms. The first-order valence-corrected chi connectivity index (χ1v) is 12.0. The van der Waals surface area contributed by atoms with Crippen LogP contribution in [0.4, 0.5) is 0 Å². The lowest BCUT2D eigenvalue weighted by Crippen LogP contribution is -2.55. The third kappa shape index (κ3) is 4.81. The topological polar surface area (TPSA) is 96.4 Å². The van der Waals surface area contributed by atoms with E-state index >= 15 is 0 Å². The Kier molecular flexibility index (Phi) is 6.83. The monoisotopic (exact) mass is 494 g/mol. The van der Waals surface area contributed by atoms with Gasteiger partial charge in [0.2, 0.25) is 0 Å². The molecule has 35 heavy (non-hydrogen) atoms. The average Bonchev–Trinajstić information content (AvgIpc) is 3.65. The van der Waals surface area contributed by atoms with Crippen LogP contribution in [-0.4, -0.2) is 57.1 Å². The minimum absolute atomic E-state index is 0.0420. The van der Waals surface area contributed by atoms with Crippen LogP contribution in [0.15, 0.2) is 53.8 Å². The van der Waals surface area contributed by atoms with E-state index in [0.717, 1.165) is 22.0 Å². The number of rotatable bonds is 7. The predicted molar refractivity (Wildman–Crippen MR) is 133 cm³/mol. The number of aliphatic hydroxyl groups excluding tert-OH is 3. The van der Waals surface area contributed by atoms with Gasteiger partial charge in [-0.15, -0.1) is 6.42 Å². The quantitative estimate of drug-likeness (QED) is 0.202. The Hall–Kier alpha value is -2.86. The van der Waals surface area contributed by atoms with Gasteiger partial charge in [-0.3, -0.25) is 0 Å². The van der Waals surface area contributed by atoms with Crippen LogP contribution in [0.25, 0.3) is 10.9 Å². The van der Waals surface area contributed by atoms with Gasteiger partial charge in [0, 0.05) is 11.6 Å². The van der Waals surface area contributed by atoms with Gasteiger partial charge in [-0.1, -0.05) is 53.0 Å². The summed E-state index contributed by atoms with van der Waals surface area (Å²) in [4.78, 5) is 4.89. The van der Waals surface area contributed by atoms with Crippen LogP contribution in [-0.2, 0) is 16.0 Å². The maximum absolute atomic E-state index is 10.8. The number of aromatic nitrogens is 1. The van der Waals surface area contributed by atoms with Gasteiger partial charge in [-0.25, -0.2) is 0 Å². The molecular formula is C27H27ClN2O5. The molecule has 182 valence electrons. The zero-order valence-corrected chi connectivity index (χ0v) is 19.8. The van der Waals surface area contributed by atoms with Crippen LogP contribution in [0.1, 0.15) is 41.7 Å². The van der Waals surface area contributed by atoms with Crippen LogP contribution in [0.3, 0.4) is 0 Å². The second-order valence-electron chi connectivity index (χ2n) is 9.08. The van der Waals surface area contributed by atoms with Crippen molar-refractivity contribution < 1.29 is 24.9 Å². The highest BCUT2D eigenvalue weighted by atomic mass is 35.5. The van der Waals surface area contributed by atoms with Gasteiger partial charge >= 0.3 is 0 Å². The lowest BCUT2D eigenvalue weighted by molar-refractivity contribution is -0.225. The summed E-state index contributed by atoms with van der Waals surface area (Å²) in [6.07, 6.45) is 5.14. The molecule has 3 aromatic rings. The van der Waals surface area contributed by atoms with Crippen LogP contribution in [0.5, 0.6) is 0 Å². The van der Waals surface area contributed by atoms with Crippen molar-refractivity contribution in [3.8, 4) is 12.3 Å². The number of terminal acetylenes is 1. The molecule has 1 aliphatic carbocycles. The van der Waals surface area contributed by atoms with Crippen molar-refractivity contribution in [3.05, 3.63) is 70.4 Å². The summed E-state index contributed by atoms with van der Waals surface area (Å²) in [5, 5.41) is 36.9. The number of aliphatic hydroxyl groups is 3. The van der Waals surface area contributed by atoms with Gasteiger partial charge in [0.15, 0.2) is 12.8 Å². The largest absolute Gasteiger partial charge is 0.387 e. The summed E-state index contributed by atoms with van der Waals surface area (Å²) >= 11 is 6.61. The van der Waals surface area contributed by atoms with Crippen molar-refractivity contribution >= 4 is 28.7 Å². The molecule has 1 aliphatic heterocycles. The second-order valence-corrected chi connectivity index (χ2v) is 9.49. The van der Waals surface area contributed by atoms with Gasteiger partial charge in [-0.05, 0) is 54.0 Å². The highest BCUT2D eigenvalue weighted by molar-refractivity contribution is 6.35. The van der Waals surface area contributed by atoms with E-state index in [1.807, 2.05) is 24.4 Å². The number of ether oxygens (including phenoxy) is 1. The summed E-state index contributed by atoms with van der Waals surface area (Å²) in [5.41, 5.74) is 4.22. The van der Waals surface area contributed by atoms with E-state index in [0.29, 0.717) is 17.4 Å². The van der Waals surface area contributed by atoms with Crippen LogP contribution in [0.2, 0.25) is 5.02 Å². The molecule has 8 heteroatoms. The normalized spacial score (nSPS) is 26.8. The first-order chi connectivity index (χ1) is 17.0. The molecule has 2 aliphatic rings. The third-order valence-electron chi connectivity index (χ3n) is 6.64. The smallest absolute Gasteiger partial charge is 0.177 e. The molecule has 1 saturated heterocycles. The molecule has 0 bridgehead atoms. The standard InChI is InChI=1S/C27H27ClN2O5/c1-2-12-34-29-14-22-24(31)25(32)26(33)27(35-22)30-15-19(23-20(28)4-3-5-21(23)30)13-16-6-8-17(9-7-16)18-10-11-18/h1,3-9,14-15,18,22,24-27,31-33H,10-13H2/t22-,24-,25+,26-,27-/m1/s1. The first-order valence-electron chi connectivity index (χ1n) is 11.6. The molecular weight excluding hydrogens is 468 g/mol. The van der Waals surface area contributed by atoms with Gasteiger partial charge in [0.05, 0.1) is 16.8 Å². The molecule has 2 fully saturated rings. The molecule has 0 amide bonds. The summed E-state index contributed by atoms with van der Waals surface area (Å²) < 4.78 is 7.74. The molecule has 1 aromatic heterocycles. The third-order valence-corrected chi connectivity index (χ3v) is 6.95. The van der Waals surface area contributed by atoms with Crippen molar-refractivity contribution in [2.45, 2.75) is 55.8 Å². The average molecular weight is 495 g/mol. The summed E-state index contributed by atoms with van der Waals surface area (Å²) in [5.74, 6) is 2.98. The molecule has 5 atom stereocenters. The maximum atomic E-state index is 10.8. The first kappa shape index (κ1) is 23.9. The fourth-order valence-corrected chi connectivity index (χ4v) is 4.95. The lowest BCUT2D eigenvalue weighted by atomic mass is 9.98. The molecule has 1 saturated carbocycles. The highest BCUT2D eigenvalue weighted by Crippen LogP contribution is 2.40. The summed E-state index contributed by atoms with van der Waals surface area (Å²) in [6.45, 7) is -0.0420. The minimum atomic E-state index is -1.46. The lowest BCUT2D eigenvalue weighted by Gasteiger charge is -2.39. The SMILES string of the molecule is C#CCON=C[C@H]1O[C@@H](n2cc(Cc3ccc(C4CC4)cc3)c3c(Cl)cccc32)[C@H](O)[C@@H](O)[C@@H]1O. The van der Waals surface area contributed by atoms with Gasteiger partial charge < -0.3 is 29.5 Å².